The molecule has 0 atom stereocenters. The number of benzene rings is 1. The normalized spacial score (nSPS) is 16.5. The smallest absolute Gasteiger partial charge is 0.323 e. The lowest BCUT2D eigenvalue weighted by atomic mass is 9.63. The van der Waals surface area contributed by atoms with E-state index in [1.54, 1.807) is 7.05 Å². The second-order valence-corrected chi connectivity index (χ2v) is 5.91. The summed E-state index contributed by atoms with van der Waals surface area (Å²) in [5, 5.41) is 8.80. The number of hydrogen-bond acceptors (Lipinski definition) is 2. The molecule has 1 aromatic carbocycles. The van der Waals surface area contributed by atoms with Crippen molar-refractivity contribution >= 4 is 27.8 Å². The number of likely N-dealkylation sites (N-methyl/N-ethyl adjacent to an activating group) is 1. The Kier molecular flexibility index (Phi) is 3.94. The molecular weight excluding hydrogens is 310 g/mol. The van der Waals surface area contributed by atoms with Crippen LogP contribution in [0, 0.1) is 0 Å². The summed E-state index contributed by atoms with van der Waals surface area (Å²) in [5.74, 6) is -1.08. The molecule has 1 aromatic rings. The molecule has 2 rings (SSSR count). The van der Waals surface area contributed by atoms with E-state index in [2.05, 4.69) is 15.9 Å². The Labute approximate surface area is 120 Å². The van der Waals surface area contributed by atoms with Gasteiger partial charge in [0.05, 0.1) is 5.41 Å². The maximum atomic E-state index is 12.5. The van der Waals surface area contributed by atoms with Gasteiger partial charge in [0.25, 0.3) is 0 Å². The minimum atomic E-state index is -0.985. The number of carboxylic acid groups (broad SMARTS) is 1. The number of carbonyl (C=O) groups is 2. The summed E-state index contributed by atoms with van der Waals surface area (Å²) in [6.07, 6.45) is 2.58. The zero-order valence-corrected chi connectivity index (χ0v) is 12.3. The summed E-state index contributed by atoms with van der Waals surface area (Å²) in [7, 11) is 1.55. The topological polar surface area (TPSA) is 57.6 Å². The molecule has 0 bridgehead atoms. The Balaban J connectivity index is 2.25. The summed E-state index contributed by atoms with van der Waals surface area (Å²) in [6, 6.07) is 7.71. The van der Waals surface area contributed by atoms with Crippen LogP contribution in [0.1, 0.15) is 24.8 Å². The lowest BCUT2D eigenvalue weighted by Gasteiger charge is -2.42. The second-order valence-electron chi connectivity index (χ2n) is 5.00. The van der Waals surface area contributed by atoms with Gasteiger partial charge in [-0.05, 0) is 30.5 Å². The van der Waals surface area contributed by atoms with E-state index in [-0.39, 0.29) is 12.5 Å². The highest BCUT2D eigenvalue weighted by molar-refractivity contribution is 9.10. The van der Waals surface area contributed by atoms with Crippen LogP contribution in [-0.4, -0.2) is 35.5 Å². The van der Waals surface area contributed by atoms with Gasteiger partial charge in [0.15, 0.2) is 0 Å². The number of carboxylic acids is 1. The zero-order chi connectivity index (χ0) is 14.0. The highest BCUT2D eigenvalue weighted by atomic mass is 79.9. The van der Waals surface area contributed by atoms with Crippen molar-refractivity contribution in [3.8, 4) is 0 Å². The number of halogens is 1. The quantitative estimate of drug-likeness (QED) is 0.924. The minimum Gasteiger partial charge on any atom is -0.480 e. The molecule has 1 aliphatic carbocycles. The van der Waals surface area contributed by atoms with Crippen molar-refractivity contribution in [3.63, 3.8) is 0 Å². The van der Waals surface area contributed by atoms with E-state index in [4.69, 9.17) is 5.11 Å². The van der Waals surface area contributed by atoms with Crippen LogP contribution in [0.15, 0.2) is 28.7 Å². The lowest BCUT2D eigenvalue weighted by Crippen LogP contribution is -2.50. The van der Waals surface area contributed by atoms with E-state index >= 15 is 0 Å². The molecular formula is C14H16BrNO3. The third kappa shape index (κ3) is 2.66. The van der Waals surface area contributed by atoms with Crippen LogP contribution in [0.2, 0.25) is 0 Å². The molecule has 1 N–H and O–H groups in total. The van der Waals surface area contributed by atoms with Gasteiger partial charge in [-0.2, -0.15) is 0 Å². The summed E-state index contributed by atoms with van der Waals surface area (Å²) in [4.78, 5) is 24.6. The first-order chi connectivity index (χ1) is 8.95. The fourth-order valence-corrected chi connectivity index (χ4v) is 2.83. The average Bonchev–Trinajstić information content (AvgIpc) is 2.29. The molecule has 1 saturated carbocycles. The first-order valence-electron chi connectivity index (χ1n) is 6.19. The molecule has 4 nitrogen and oxygen atoms in total. The fourth-order valence-electron chi connectivity index (χ4n) is 2.57. The van der Waals surface area contributed by atoms with Crippen LogP contribution in [-0.2, 0) is 15.0 Å². The third-order valence-electron chi connectivity index (χ3n) is 3.73. The van der Waals surface area contributed by atoms with Gasteiger partial charge in [-0.25, -0.2) is 0 Å². The number of rotatable bonds is 4. The molecule has 0 aromatic heterocycles. The van der Waals surface area contributed by atoms with Crippen molar-refractivity contribution in [1.29, 1.82) is 0 Å². The largest absolute Gasteiger partial charge is 0.480 e. The van der Waals surface area contributed by atoms with Gasteiger partial charge >= 0.3 is 5.97 Å². The third-order valence-corrected chi connectivity index (χ3v) is 4.26. The van der Waals surface area contributed by atoms with Gasteiger partial charge in [-0.1, -0.05) is 34.5 Å². The van der Waals surface area contributed by atoms with Crippen molar-refractivity contribution in [2.75, 3.05) is 13.6 Å². The zero-order valence-electron chi connectivity index (χ0n) is 10.7. The van der Waals surface area contributed by atoms with E-state index < -0.39 is 11.4 Å². The molecule has 0 saturated heterocycles. The SMILES string of the molecule is CN(CC(=O)O)C(=O)C1(c2ccc(Br)cc2)CCC1. The van der Waals surface area contributed by atoms with Gasteiger partial charge in [-0.15, -0.1) is 0 Å². The van der Waals surface area contributed by atoms with E-state index in [1.807, 2.05) is 24.3 Å². The number of nitrogens with zero attached hydrogens (tertiary/aromatic N) is 1. The standard InChI is InChI=1S/C14H16BrNO3/c1-16(9-12(17)18)13(19)14(7-2-8-14)10-3-5-11(15)6-4-10/h3-6H,2,7-9H2,1H3,(H,17,18). The molecule has 0 aliphatic heterocycles. The van der Waals surface area contributed by atoms with Gasteiger partial charge < -0.3 is 10.0 Å². The molecule has 0 unspecified atom stereocenters. The minimum absolute atomic E-state index is 0.0940. The molecule has 0 spiro atoms. The summed E-state index contributed by atoms with van der Waals surface area (Å²) >= 11 is 3.38. The van der Waals surface area contributed by atoms with Crippen molar-refractivity contribution in [2.45, 2.75) is 24.7 Å². The Bertz CT molecular complexity index is 494. The van der Waals surface area contributed by atoms with Crippen molar-refractivity contribution in [3.05, 3.63) is 34.3 Å². The molecule has 1 fully saturated rings. The van der Waals surface area contributed by atoms with E-state index in [9.17, 15) is 9.59 Å². The Morgan fingerprint density at radius 1 is 1.32 bits per heavy atom. The maximum absolute atomic E-state index is 12.5. The van der Waals surface area contributed by atoms with Gasteiger partial charge in [-0.3, -0.25) is 9.59 Å². The Hall–Kier alpha value is -1.36. The highest BCUT2D eigenvalue weighted by Gasteiger charge is 2.47. The predicted molar refractivity (Wildman–Crippen MR) is 74.9 cm³/mol. The number of carbonyl (C=O) groups excluding carboxylic acids is 1. The molecule has 0 radical (unpaired) electrons. The van der Waals surface area contributed by atoms with Crippen LogP contribution in [0.4, 0.5) is 0 Å². The molecule has 5 heteroatoms. The second kappa shape index (κ2) is 5.33. The van der Waals surface area contributed by atoms with Crippen LogP contribution in [0.25, 0.3) is 0 Å². The van der Waals surface area contributed by atoms with Gasteiger partial charge in [0.1, 0.15) is 6.54 Å². The van der Waals surface area contributed by atoms with Crippen molar-refractivity contribution < 1.29 is 14.7 Å². The highest BCUT2D eigenvalue weighted by Crippen LogP contribution is 2.45. The first-order valence-corrected chi connectivity index (χ1v) is 6.98. The average molecular weight is 326 g/mol. The summed E-state index contributed by atoms with van der Waals surface area (Å²) < 4.78 is 0.970. The van der Waals surface area contributed by atoms with Crippen molar-refractivity contribution in [1.82, 2.24) is 4.90 Å². The van der Waals surface area contributed by atoms with E-state index in [1.165, 1.54) is 4.90 Å². The molecule has 1 aliphatic rings. The monoisotopic (exact) mass is 325 g/mol. The summed E-state index contributed by atoms with van der Waals surface area (Å²) in [5.41, 5.74) is 0.453. The lowest BCUT2D eigenvalue weighted by molar-refractivity contribution is -0.147. The Morgan fingerprint density at radius 3 is 2.32 bits per heavy atom. The van der Waals surface area contributed by atoms with Crippen LogP contribution < -0.4 is 0 Å². The first kappa shape index (κ1) is 14.1. The molecule has 19 heavy (non-hydrogen) atoms. The molecule has 1 amide bonds. The van der Waals surface area contributed by atoms with E-state index in [0.29, 0.717) is 0 Å². The van der Waals surface area contributed by atoms with Crippen LogP contribution in [0.3, 0.4) is 0 Å². The predicted octanol–water partition coefficient (Wildman–Crippen LogP) is 2.41. The van der Waals surface area contributed by atoms with Crippen LogP contribution >= 0.6 is 15.9 Å². The molecule has 0 heterocycles. The van der Waals surface area contributed by atoms with Crippen LogP contribution in [0.5, 0.6) is 0 Å². The summed E-state index contributed by atoms with van der Waals surface area (Å²) in [6.45, 7) is -0.253. The number of hydrogen-bond donors (Lipinski definition) is 1. The molecule has 102 valence electrons. The Morgan fingerprint density at radius 2 is 1.89 bits per heavy atom. The van der Waals surface area contributed by atoms with E-state index in [0.717, 1.165) is 29.3 Å². The van der Waals surface area contributed by atoms with Crippen molar-refractivity contribution in [2.24, 2.45) is 0 Å². The van der Waals surface area contributed by atoms with Gasteiger partial charge in [0.2, 0.25) is 5.91 Å². The number of amides is 1. The van der Waals surface area contributed by atoms with Gasteiger partial charge in [0, 0.05) is 11.5 Å². The fraction of sp³-hybridized carbons (Fsp3) is 0.429. The number of aliphatic carboxylic acids is 1. The maximum Gasteiger partial charge on any atom is 0.323 e.